The van der Waals surface area contributed by atoms with E-state index in [0.29, 0.717) is 12.5 Å². The molecule has 0 saturated heterocycles. The molecule has 1 aromatic heterocycles. The molecule has 0 amide bonds. The minimum absolute atomic E-state index is 0.578. The van der Waals surface area contributed by atoms with Gasteiger partial charge in [0.1, 0.15) is 5.82 Å². The van der Waals surface area contributed by atoms with Crippen LogP contribution in [0.3, 0.4) is 0 Å². The fourth-order valence-electron chi connectivity index (χ4n) is 2.90. The normalized spacial score (nSPS) is 24.2. The largest absolute Gasteiger partial charge is 0.330 e. The van der Waals surface area contributed by atoms with E-state index in [-0.39, 0.29) is 0 Å². The van der Waals surface area contributed by atoms with Gasteiger partial charge in [0.05, 0.1) is 0 Å². The van der Waals surface area contributed by atoms with Gasteiger partial charge in [-0.15, -0.1) is 0 Å². The molecule has 3 heteroatoms. The molecule has 0 aliphatic heterocycles. The van der Waals surface area contributed by atoms with Crippen LogP contribution in [0.1, 0.15) is 54.9 Å². The monoisotopic (exact) mass is 233 g/mol. The zero-order valence-corrected chi connectivity index (χ0v) is 11.2. The lowest BCUT2D eigenvalue weighted by Crippen LogP contribution is -2.12. The highest BCUT2D eigenvalue weighted by Gasteiger charge is 2.25. The van der Waals surface area contributed by atoms with Gasteiger partial charge in [0.15, 0.2) is 0 Å². The lowest BCUT2D eigenvalue weighted by molar-refractivity contribution is 0.582. The van der Waals surface area contributed by atoms with Crippen molar-refractivity contribution in [3.05, 3.63) is 22.8 Å². The summed E-state index contributed by atoms with van der Waals surface area (Å²) in [5.41, 5.74) is 9.10. The first-order valence-electron chi connectivity index (χ1n) is 6.66. The molecule has 2 unspecified atom stereocenters. The second kappa shape index (κ2) is 5.13. The first kappa shape index (κ1) is 12.5. The van der Waals surface area contributed by atoms with Crippen LogP contribution in [0.25, 0.3) is 0 Å². The zero-order chi connectivity index (χ0) is 12.4. The number of hydrogen-bond donors (Lipinski definition) is 1. The molecule has 0 spiro atoms. The van der Waals surface area contributed by atoms with Gasteiger partial charge in [-0.1, -0.05) is 6.92 Å². The molecular weight excluding hydrogens is 210 g/mol. The van der Waals surface area contributed by atoms with Crippen molar-refractivity contribution in [2.45, 2.75) is 52.4 Å². The lowest BCUT2D eigenvalue weighted by atomic mass is 10.0. The van der Waals surface area contributed by atoms with E-state index >= 15 is 0 Å². The van der Waals surface area contributed by atoms with Gasteiger partial charge in [0.25, 0.3) is 0 Å². The quantitative estimate of drug-likeness (QED) is 0.872. The Morgan fingerprint density at radius 3 is 2.29 bits per heavy atom. The topological polar surface area (TPSA) is 51.8 Å². The number of aryl methyl sites for hydroxylation is 2. The maximum Gasteiger partial charge on any atom is 0.131 e. The molecule has 1 aliphatic rings. The molecule has 2 N–H and O–H groups in total. The number of nitrogens with zero attached hydrogens (tertiary/aromatic N) is 2. The Morgan fingerprint density at radius 1 is 1.18 bits per heavy atom. The Balaban J connectivity index is 2.25. The summed E-state index contributed by atoms with van der Waals surface area (Å²) in [7, 11) is 0. The van der Waals surface area contributed by atoms with Crippen LogP contribution in [0, 0.1) is 19.8 Å². The highest BCUT2D eigenvalue weighted by Crippen LogP contribution is 2.36. The molecule has 1 fully saturated rings. The van der Waals surface area contributed by atoms with Gasteiger partial charge < -0.3 is 5.73 Å². The van der Waals surface area contributed by atoms with Crippen LogP contribution >= 0.6 is 0 Å². The van der Waals surface area contributed by atoms with Gasteiger partial charge in [0, 0.05) is 17.3 Å². The van der Waals surface area contributed by atoms with Crippen LogP contribution in [0.5, 0.6) is 0 Å². The molecule has 1 aromatic rings. The minimum atomic E-state index is 0.578. The number of aromatic nitrogens is 2. The summed E-state index contributed by atoms with van der Waals surface area (Å²) in [6.07, 6.45) is 4.70. The number of rotatable bonds is 3. The van der Waals surface area contributed by atoms with Gasteiger partial charge in [-0.25, -0.2) is 9.97 Å². The average molecular weight is 233 g/mol. The number of hydrogen-bond acceptors (Lipinski definition) is 3. The summed E-state index contributed by atoms with van der Waals surface area (Å²) >= 11 is 0. The van der Waals surface area contributed by atoms with Crippen molar-refractivity contribution in [3.63, 3.8) is 0 Å². The summed E-state index contributed by atoms with van der Waals surface area (Å²) in [4.78, 5) is 9.40. The number of nitrogens with two attached hydrogens (primary N) is 1. The van der Waals surface area contributed by atoms with E-state index in [9.17, 15) is 0 Å². The second-order valence-electron chi connectivity index (χ2n) is 5.39. The Bertz CT molecular complexity index is 377. The van der Waals surface area contributed by atoms with E-state index in [4.69, 9.17) is 15.7 Å². The van der Waals surface area contributed by atoms with Crippen LogP contribution in [0.2, 0.25) is 0 Å². The Hall–Kier alpha value is -0.960. The third-order valence-corrected chi connectivity index (χ3v) is 3.89. The summed E-state index contributed by atoms with van der Waals surface area (Å²) in [5.74, 6) is 2.47. The van der Waals surface area contributed by atoms with Crippen molar-refractivity contribution >= 4 is 0 Å². The van der Waals surface area contributed by atoms with E-state index in [2.05, 4.69) is 20.8 Å². The highest BCUT2D eigenvalue weighted by atomic mass is 14.9. The molecule has 0 aromatic carbocycles. The van der Waals surface area contributed by atoms with E-state index in [0.717, 1.165) is 29.6 Å². The van der Waals surface area contributed by atoms with Gasteiger partial charge >= 0.3 is 0 Å². The van der Waals surface area contributed by atoms with Crippen LogP contribution in [-0.2, 0) is 6.42 Å². The maximum absolute atomic E-state index is 5.62. The fourth-order valence-corrected chi connectivity index (χ4v) is 2.90. The van der Waals surface area contributed by atoms with E-state index in [1.807, 2.05) is 0 Å². The molecule has 94 valence electrons. The molecular formula is C14H23N3. The molecule has 1 aliphatic carbocycles. The van der Waals surface area contributed by atoms with Crippen molar-refractivity contribution in [1.82, 2.24) is 9.97 Å². The second-order valence-corrected chi connectivity index (χ2v) is 5.39. The first-order valence-corrected chi connectivity index (χ1v) is 6.66. The van der Waals surface area contributed by atoms with Crippen LogP contribution in [0.4, 0.5) is 0 Å². The molecule has 3 nitrogen and oxygen atoms in total. The summed E-state index contributed by atoms with van der Waals surface area (Å²) in [6, 6.07) is 0. The van der Waals surface area contributed by atoms with Crippen molar-refractivity contribution in [2.75, 3.05) is 6.54 Å². The van der Waals surface area contributed by atoms with Crippen LogP contribution in [0.15, 0.2) is 0 Å². The summed E-state index contributed by atoms with van der Waals surface area (Å²) < 4.78 is 0. The van der Waals surface area contributed by atoms with Crippen molar-refractivity contribution in [3.8, 4) is 0 Å². The van der Waals surface area contributed by atoms with E-state index in [1.54, 1.807) is 0 Å². The van der Waals surface area contributed by atoms with Gasteiger partial charge in [-0.3, -0.25) is 0 Å². The molecule has 17 heavy (non-hydrogen) atoms. The predicted octanol–water partition coefficient (Wildman–Crippen LogP) is 2.50. The Kier molecular flexibility index (Phi) is 3.77. The Labute approximate surface area is 104 Å². The first-order chi connectivity index (χ1) is 8.11. The van der Waals surface area contributed by atoms with Crippen molar-refractivity contribution < 1.29 is 0 Å². The van der Waals surface area contributed by atoms with Crippen molar-refractivity contribution in [2.24, 2.45) is 11.7 Å². The van der Waals surface area contributed by atoms with Crippen molar-refractivity contribution in [1.29, 1.82) is 0 Å². The zero-order valence-electron chi connectivity index (χ0n) is 11.2. The fraction of sp³-hybridized carbons (Fsp3) is 0.714. The molecule has 1 saturated carbocycles. The SMILES string of the molecule is Cc1nc(C2CCC(C)C2)nc(C)c1CCN. The molecule has 2 atom stereocenters. The van der Waals surface area contributed by atoms with E-state index < -0.39 is 0 Å². The highest BCUT2D eigenvalue weighted by molar-refractivity contribution is 5.25. The van der Waals surface area contributed by atoms with Gasteiger partial charge in [0.2, 0.25) is 0 Å². The average Bonchev–Trinajstić information content (AvgIpc) is 2.70. The molecule has 1 heterocycles. The maximum atomic E-state index is 5.62. The third kappa shape index (κ3) is 2.65. The van der Waals surface area contributed by atoms with Crippen LogP contribution in [-0.4, -0.2) is 16.5 Å². The minimum Gasteiger partial charge on any atom is -0.330 e. The third-order valence-electron chi connectivity index (χ3n) is 3.89. The van der Waals surface area contributed by atoms with Gasteiger partial charge in [-0.05, 0) is 57.6 Å². The Morgan fingerprint density at radius 2 is 1.82 bits per heavy atom. The lowest BCUT2D eigenvalue weighted by Gasteiger charge is -2.13. The predicted molar refractivity (Wildman–Crippen MR) is 70.0 cm³/mol. The van der Waals surface area contributed by atoms with Gasteiger partial charge in [-0.2, -0.15) is 0 Å². The smallest absolute Gasteiger partial charge is 0.131 e. The summed E-state index contributed by atoms with van der Waals surface area (Å²) in [6.45, 7) is 7.16. The molecule has 0 bridgehead atoms. The summed E-state index contributed by atoms with van der Waals surface area (Å²) in [5, 5.41) is 0. The molecule has 2 rings (SSSR count). The standard InChI is InChI=1S/C14H23N3/c1-9-4-5-12(8-9)14-16-10(2)13(6-7-15)11(3)17-14/h9,12H,4-8,15H2,1-3H3. The van der Waals surface area contributed by atoms with Crippen LogP contribution < -0.4 is 5.73 Å². The molecule has 0 radical (unpaired) electrons. The van der Waals surface area contributed by atoms with E-state index in [1.165, 1.54) is 24.8 Å².